The van der Waals surface area contributed by atoms with Crippen LogP contribution in [0.5, 0.6) is 0 Å². The quantitative estimate of drug-likeness (QED) is 0.814. The second-order valence-corrected chi connectivity index (χ2v) is 5.77. The minimum atomic E-state index is -0.0616. The number of hydrogen-bond donors (Lipinski definition) is 0. The van der Waals surface area contributed by atoms with Gasteiger partial charge in [0.2, 0.25) is 5.91 Å². The van der Waals surface area contributed by atoms with Gasteiger partial charge >= 0.3 is 0 Å². The molecule has 3 nitrogen and oxygen atoms in total. The Hall–Kier alpha value is -1.61. The van der Waals surface area contributed by atoms with E-state index in [1.54, 1.807) is 12.4 Å². The topological polar surface area (TPSA) is 34.9 Å². The van der Waals surface area contributed by atoms with Crippen LogP contribution in [0.1, 0.15) is 48.9 Å². The number of carbonyl (C=O) groups is 1. The second kappa shape index (κ2) is 5.41. The van der Waals surface area contributed by atoms with Gasteiger partial charge < -0.3 is 0 Å². The van der Waals surface area contributed by atoms with E-state index in [1.807, 2.05) is 12.1 Å². The Bertz CT molecular complexity index is 642. The lowest BCUT2D eigenvalue weighted by atomic mass is 9.96. The highest BCUT2D eigenvalue weighted by Crippen LogP contribution is 2.37. The first-order chi connectivity index (χ1) is 9.66. The summed E-state index contributed by atoms with van der Waals surface area (Å²) in [5, 5.41) is 0.670. The Kier molecular flexibility index (Phi) is 3.62. The summed E-state index contributed by atoms with van der Waals surface area (Å²) in [5.41, 5.74) is 2.12. The van der Waals surface area contributed by atoms with Crippen LogP contribution in [0.4, 0.5) is 0 Å². The van der Waals surface area contributed by atoms with E-state index in [4.69, 9.17) is 11.6 Å². The van der Waals surface area contributed by atoms with Gasteiger partial charge in [-0.3, -0.25) is 9.36 Å². The van der Waals surface area contributed by atoms with Crippen LogP contribution in [0.2, 0.25) is 5.02 Å². The summed E-state index contributed by atoms with van der Waals surface area (Å²) in [7, 11) is 0. The molecule has 0 saturated heterocycles. The SMILES string of the molecule is CC(=O)n1ccnc1-c1ccc(C2CCCC2)cc1Cl. The van der Waals surface area contributed by atoms with Gasteiger partial charge in [0, 0.05) is 24.9 Å². The molecule has 0 aliphatic heterocycles. The highest BCUT2D eigenvalue weighted by Gasteiger charge is 2.19. The summed E-state index contributed by atoms with van der Waals surface area (Å²) in [5.74, 6) is 1.18. The van der Waals surface area contributed by atoms with Crippen LogP contribution >= 0.6 is 11.6 Å². The van der Waals surface area contributed by atoms with E-state index in [-0.39, 0.29) is 5.91 Å². The number of rotatable bonds is 2. The largest absolute Gasteiger partial charge is 0.274 e. The lowest BCUT2D eigenvalue weighted by molar-refractivity contribution is 0.0938. The fourth-order valence-electron chi connectivity index (χ4n) is 2.98. The maximum atomic E-state index is 11.6. The molecule has 1 aromatic heterocycles. The van der Waals surface area contributed by atoms with Crippen molar-refractivity contribution in [2.75, 3.05) is 0 Å². The highest BCUT2D eigenvalue weighted by atomic mass is 35.5. The van der Waals surface area contributed by atoms with E-state index in [0.717, 1.165) is 5.56 Å². The van der Waals surface area contributed by atoms with Crippen LogP contribution < -0.4 is 0 Å². The maximum absolute atomic E-state index is 11.6. The minimum absolute atomic E-state index is 0.0616. The first kappa shape index (κ1) is 13.4. The van der Waals surface area contributed by atoms with Gasteiger partial charge in [-0.1, -0.05) is 30.5 Å². The number of carbonyl (C=O) groups excluding carboxylic acids is 1. The van der Waals surface area contributed by atoms with Crippen LogP contribution in [0.3, 0.4) is 0 Å². The molecule has 104 valence electrons. The summed E-state index contributed by atoms with van der Waals surface area (Å²) >= 11 is 6.41. The molecule has 1 aliphatic rings. The predicted octanol–water partition coefficient (Wildman–Crippen LogP) is 4.52. The van der Waals surface area contributed by atoms with Gasteiger partial charge in [-0.2, -0.15) is 0 Å². The van der Waals surface area contributed by atoms with Crippen LogP contribution in [0.25, 0.3) is 11.4 Å². The van der Waals surface area contributed by atoms with Crippen LogP contribution in [-0.2, 0) is 0 Å². The Labute approximate surface area is 123 Å². The summed E-state index contributed by atoms with van der Waals surface area (Å²) in [6.45, 7) is 1.52. The third-order valence-electron chi connectivity index (χ3n) is 4.04. The van der Waals surface area contributed by atoms with Crippen LogP contribution in [0.15, 0.2) is 30.6 Å². The average molecular weight is 289 g/mol. The van der Waals surface area contributed by atoms with Crippen molar-refractivity contribution in [2.24, 2.45) is 0 Å². The van der Waals surface area contributed by atoms with Crippen molar-refractivity contribution in [3.8, 4) is 11.4 Å². The van der Waals surface area contributed by atoms with Gasteiger partial charge in [0.1, 0.15) is 5.82 Å². The molecule has 3 rings (SSSR count). The van der Waals surface area contributed by atoms with Crippen molar-refractivity contribution in [3.63, 3.8) is 0 Å². The summed E-state index contributed by atoms with van der Waals surface area (Å²) < 4.78 is 1.52. The lowest BCUT2D eigenvalue weighted by Gasteiger charge is -2.12. The molecule has 0 spiro atoms. The Morgan fingerprint density at radius 1 is 1.35 bits per heavy atom. The molecule has 1 aromatic carbocycles. The first-order valence-corrected chi connectivity index (χ1v) is 7.38. The normalized spacial score (nSPS) is 15.7. The van der Waals surface area contributed by atoms with E-state index < -0.39 is 0 Å². The van der Waals surface area contributed by atoms with Crippen molar-refractivity contribution in [2.45, 2.75) is 38.5 Å². The van der Waals surface area contributed by atoms with Gasteiger partial charge in [-0.25, -0.2) is 4.98 Å². The molecule has 2 aromatic rings. The van der Waals surface area contributed by atoms with Gasteiger partial charge in [0.15, 0.2) is 0 Å². The predicted molar refractivity (Wildman–Crippen MR) is 80.2 cm³/mol. The smallest absolute Gasteiger partial charge is 0.229 e. The molecule has 1 saturated carbocycles. The van der Waals surface area contributed by atoms with Gasteiger partial charge in [-0.05, 0) is 36.5 Å². The van der Waals surface area contributed by atoms with Crippen LogP contribution in [-0.4, -0.2) is 15.5 Å². The third kappa shape index (κ3) is 2.38. The van der Waals surface area contributed by atoms with Gasteiger partial charge in [0.25, 0.3) is 0 Å². The number of nitrogens with zero attached hydrogens (tertiary/aromatic N) is 2. The zero-order chi connectivity index (χ0) is 14.1. The number of benzene rings is 1. The summed E-state index contributed by atoms with van der Waals surface area (Å²) in [6.07, 6.45) is 8.39. The van der Waals surface area contributed by atoms with Crippen molar-refractivity contribution < 1.29 is 4.79 Å². The van der Waals surface area contributed by atoms with E-state index in [1.165, 1.54) is 42.7 Å². The molecule has 0 amide bonds. The standard InChI is InChI=1S/C16H17ClN2O/c1-11(20)19-9-8-18-16(19)14-7-6-13(10-15(14)17)12-4-2-3-5-12/h6-10,12H,2-5H2,1H3. The van der Waals surface area contributed by atoms with Crippen molar-refractivity contribution >= 4 is 17.5 Å². The van der Waals surface area contributed by atoms with Gasteiger partial charge in [-0.15, -0.1) is 0 Å². The number of imidazole rings is 1. The van der Waals surface area contributed by atoms with Crippen LogP contribution in [0, 0.1) is 0 Å². The fraction of sp³-hybridized carbons (Fsp3) is 0.375. The molecule has 20 heavy (non-hydrogen) atoms. The van der Waals surface area contributed by atoms with E-state index >= 15 is 0 Å². The molecule has 0 bridgehead atoms. The molecule has 0 radical (unpaired) electrons. The molecule has 4 heteroatoms. The summed E-state index contributed by atoms with van der Waals surface area (Å²) in [4.78, 5) is 15.8. The molecule has 0 atom stereocenters. The zero-order valence-electron chi connectivity index (χ0n) is 11.5. The monoisotopic (exact) mass is 288 g/mol. The minimum Gasteiger partial charge on any atom is -0.274 e. The maximum Gasteiger partial charge on any atom is 0.229 e. The van der Waals surface area contributed by atoms with Crippen molar-refractivity contribution in [1.82, 2.24) is 9.55 Å². The Morgan fingerprint density at radius 3 is 2.75 bits per heavy atom. The van der Waals surface area contributed by atoms with E-state index in [9.17, 15) is 4.79 Å². The molecular weight excluding hydrogens is 272 g/mol. The zero-order valence-corrected chi connectivity index (χ0v) is 12.2. The number of halogens is 1. The first-order valence-electron chi connectivity index (χ1n) is 7.01. The average Bonchev–Trinajstić information content (AvgIpc) is 3.10. The fourth-order valence-corrected chi connectivity index (χ4v) is 3.26. The van der Waals surface area contributed by atoms with E-state index in [0.29, 0.717) is 16.8 Å². The third-order valence-corrected chi connectivity index (χ3v) is 4.35. The van der Waals surface area contributed by atoms with E-state index in [2.05, 4.69) is 11.1 Å². The molecule has 1 aliphatic carbocycles. The Balaban J connectivity index is 1.98. The molecule has 0 N–H and O–H groups in total. The van der Waals surface area contributed by atoms with Crippen molar-refractivity contribution in [1.29, 1.82) is 0 Å². The molecule has 1 heterocycles. The molecule has 1 fully saturated rings. The molecule has 0 unspecified atom stereocenters. The van der Waals surface area contributed by atoms with Crippen molar-refractivity contribution in [3.05, 3.63) is 41.2 Å². The second-order valence-electron chi connectivity index (χ2n) is 5.36. The molecular formula is C16H17ClN2O. The Morgan fingerprint density at radius 2 is 2.10 bits per heavy atom. The lowest BCUT2D eigenvalue weighted by Crippen LogP contribution is -2.06. The highest BCUT2D eigenvalue weighted by molar-refractivity contribution is 6.33. The summed E-state index contributed by atoms with van der Waals surface area (Å²) in [6, 6.07) is 6.14. The number of hydrogen-bond acceptors (Lipinski definition) is 2. The van der Waals surface area contributed by atoms with Gasteiger partial charge in [0.05, 0.1) is 5.02 Å². The number of aromatic nitrogens is 2.